The Kier molecular flexibility index (Phi) is 6.68. The number of aromatic nitrogens is 4. The van der Waals surface area contributed by atoms with Gasteiger partial charge in [0, 0.05) is 38.7 Å². The van der Waals surface area contributed by atoms with Gasteiger partial charge in [0.1, 0.15) is 12.1 Å². The van der Waals surface area contributed by atoms with E-state index in [1.54, 1.807) is 17.0 Å². The van der Waals surface area contributed by atoms with E-state index in [-0.39, 0.29) is 11.8 Å². The van der Waals surface area contributed by atoms with Crippen molar-refractivity contribution < 1.29 is 14.3 Å². The average Bonchev–Trinajstić information content (AvgIpc) is 3.26. The molecule has 0 N–H and O–H groups in total. The van der Waals surface area contributed by atoms with Crippen LogP contribution in [-0.2, 0) is 4.79 Å². The third-order valence-corrected chi connectivity index (χ3v) is 5.25. The molecule has 2 amide bonds. The van der Waals surface area contributed by atoms with E-state index >= 15 is 0 Å². The third kappa shape index (κ3) is 4.84. The Morgan fingerprint density at radius 2 is 1.86 bits per heavy atom. The Labute approximate surface area is 174 Å². The van der Waals surface area contributed by atoms with Gasteiger partial charge in [-0.05, 0) is 28.8 Å². The van der Waals surface area contributed by atoms with Crippen molar-refractivity contribution in [3.8, 4) is 11.4 Å². The Morgan fingerprint density at radius 3 is 2.45 bits per heavy atom. The SMILES string of the molecule is COc1cc(-n2cnnn2)c(Cl)cc1C(=O)N1CCN(C(=O)CCC(C)C)CC1. The van der Waals surface area contributed by atoms with Crippen LogP contribution in [0.4, 0.5) is 0 Å². The van der Waals surface area contributed by atoms with E-state index in [2.05, 4.69) is 29.4 Å². The molecule has 1 aromatic heterocycles. The molecular weight excluding hydrogens is 396 g/mol. The van der Waals surface area contributed by atoms with Crippen LogP contribution in [0.25, 0.3) is 5.69 Å². The van der Waals surface area contributed by atoms with Crippen LogP contribution in [0.3, 0.4) is 0 Å². The van der Waals surface area contributed by atoms with E-state index in [0.717, 1.165) is 6.42 Å². The fourth-order valence-electron chi connectivity index (χ4n) is 3.23. The van der Waals surface area contributed by atoms with Crippen molar-refractivity contribution in [1.82, 2.24) is 30.0 Å². The molecule has 0 radical (unpaired) electrons. The fraction of sp³-hybridized carbons (Fsp3) is 0.526. The normalized spacial score (nSPS) is 14.4. The smallest absolute Gasteiger partial charge is 0.257 e. The van der Waals surface area contributed by atoms with Crippen molar-refractivity contribution >= 4 is 23.4 Å². The summed E-state index contributed by atoms with van der Waals surface area (Å²) >= 11 is 6.36. The minimum absolute atomic E-state index is 0.150. The van der Waals surface area contributed by atoms with Crippen LogP contribution in [0.15, 0.2) is 18.5 Å². The molecule has 0 saturated carbocycles. The van der Waals surface area contributed by atoms with Crippen LogP contribution in [0.1, 0.15) is 37.0 Å². The van der Waals surface area contributed by atoms with Gasteiger partial charge in [0.25, 0.3) is 5.91 Å². The maximum absolute atomic E-state index is 13.1. The lowest BCUT2D eigenvalue weighted by Gasteiger charge is -2.35. The number of methoxy groups -OCH3 is 1. The van der Waals surface area contributed by atoms with Gasteiger partial charge in [-0.3, -0.25) is 9.59 Å². The zero-order valence-corrected chi connectivity index (χ0v) is 17.6. The molecule has 10 heteroatoms. The van der Waals surface area contributed by atoms with E-state index < -0.39 is 0 Å². The van der Waals surface area contributed by atoms with Gasteiger partial charge < -0.3 is 14.5 Å². The lowest BCUT2D eigenvalue weighted by atomic mass is 10.1. The van der Waals surface area contributed by atoms with E-state index in [9.17, 15) is 9.59 Å². The molecule has 0 aliphatic carbocycles. The first-order valence-electron chi connectivity index (χ1n) is 9.58. The summed E-state index contributed by atoms with van der Waals surface area (Å²) in [5.74, 6) is 0.856. The van der Waals surface area contributed by atoms with Crippen molar-refractivity contribution in [3.05, 3.63) is 29.0 Å². The maximum Gasteiger partial charge on any atom is 0.257 e. The second-order valence-corrected chi connectivity index (χ2v) is 7.77. The highest BCUT2D eigenvalue weighted by atomic mass is 35.5. The quantitative estimate of drug-likeness (QED) is 0.709. The first-order valence-corrected chi connectivity index (χ1v) is 9.96. The molecule has 9 nitrogen and oxygen atoms in total. The summed E-state index contributed by atoms with van der Waals surface area (Å²) < 4.78 is 6.82. The van der Waals surface area contributed by atoms with Crippen LogP contribution in [0.2, 0.25) is 5.02 Å². The predicted molar refractivity (Wildman–Crippen MR) is 107 cm³/mol. The standard InChI is InChI=1S/C19H25ClN6O3/c1-13(2)4-5-18(27)24-6-8-25(9-7-24)19(28)14-10-15(20)16(11-17(14)29-3)26-12-21-22-23-26/h10-13H,4-9H2,1-3H3. The van der Waals surface area contributed by atoms with Crippen LogP contribution < -0.4 is 4.74 Å². The highest BCUT2D eigenvalue weighted by molar-refractivity contribution is 6.33. The average molecular weight is 421 g/mol. The van der Waals surface area contributed by atoms with Gasteiger partial charge in [0.15, 0.2) is 0 Å². The van der Waals surface area contributed by atoms with Crippen LogP contribution in [-0.4, -0.2) is 75.1 Å². The number of halogens is 1. The monoisotopic (exact) mass is 420 g/mol. The van der Waals surface area contributed by atoms with Gasteiger partial charge in [0.2, 0.25) is 5.91 Å². The molecule has 1 aliphatic rings. The van der Waals surface area contributed by atoms with Crippen LogP contribution >= 0.6 is 11.6 Å². The number of carbonyl (C=O) groups is 2. The highest BCUT2D eigenvalue weighted by Gasteiger charge is 2.27. The number of benzene rings is 1. The molecule has 0 unspecified atom stereocenters. The number of nitrogens with zero attached hydrogens (tertiary/aromatic N) is 6. The summed E-state index contributed by atoms with van der Waals surface area (Å²) in [6.07, 6.45) is 2.84. The largest absolute Gasteiger partial charge is 0.496 e. The molecular formula is C19H25ClN6O3. The molecule has 29 heavy (non-hydrogen) atoms. The van der Waals surface area contributed by atoms with Crippen molar-refractivity contribution in [3.63, 3.8) is 0 Å². The number of ether oxygens (including phenoxy) is 1. The Balaban J connectivity index is 1.70. The minimum Gasteiger partial charge on any atom is -0.496 e. The van der Waals surface area contributed by atoms with Crippen LogP contribution in [0.5, 0.6) is 5.75 Å². The van der Waals surface area contributed by atoms with Crippen LogP contribution in [0, 0.1) is 5.92 Å². The molecule has 1 aromatic carbocycles. The summed E-state index contributed by atoms with van der Waals surface area (Å²) in [5.41, 5.74) is 0.888. The molecule has 0 spiro atoms. The second-order valence-electron chi connectivity index (χ2n) is 7.36. The lowest BCUT2D eigenvalue weighted by molar-refractivity contribution is -0.132. The summed E-state index contributed by atoms with van der Waals surface area (Å²) in [4.78, 5) is 28.9. The molecule has 2 heterocycles. The number of hydrogen-bond donors (Lipinski definition) is 0. The Bertz CT molecular complexity index is 863. The van der Waals surface area contributed by atoms with Gasteiger partial charge >= 0.3 is 0 Å². The minimum atomic E-state index is -0.179. The summed E-state index contributed by atoms with van der Waals surface area (Å²) in [7, 11) is 1.49. The fourth-order valence-corrected chi connectivity index (χ4v) is 3.48. The van der Waals surface area contributed by atoms with E-state index in [0.29, 0.717) is 60.5 Å². The number of hydrogen-bond acceptors (Lipinski definition) is 6. The molecule has 1 saturated heterocycles. The summed E-state index contributed by atoms with van der Waals surface area (Å²) in [5, 5.41) is 11.3. The first kappa shape index (κ1) is 21.0. The molecule has 0 atom stereocenters. The van der Waals surface area contributed by atoms with E-state index in [4.69, 9.17) is 16.3 Å². The summed E-state index contributed by atoms with van der Waals surface area (Å²) in [6.45, 7) is 6.21. The van der Waals surface area contributed by atoms with Gasteiger partial charge in [-0.25, -0.2) is 0 Å². The predicted octanol–water partition coefficient (Wildman–Crippen LogP) is 2.04. The first-order chi connectivity index (χ1) is 13.9. The summed E-state index contributed by atoms with van der Waals surface area (Å²) in [6, 6.07) is 3.21. The highest BCUT2D eigenvalue weighted by Crippen LogP contribution is 2.30. The van der Waals surface area contributed by atoms with E-state index in [1.807, 2.05) is 4.90 Å². The van der Waals surface area contributed by atoms with Crippen molar-refractivity contribution in [2.75, 3.05) is 33.3 Å². The topological polar surface area (TPSA) is 93.4 Å². The van der Waals surface area contributed by atoms with Gasteiger partial charge in [-0.2, -0.15) is 4.68 Å². The Morgan fingerprint density at radius 1 is 1.17 bits per heavy atom. The number of piperazine rings is 1. The third-order valence-electron chi connectivity index (χ3n) is 4.95. The van der Waals surface area contributed by atoms with Crippen molar-refractivity contribution in [1.29, 1.82) is 0 Å². The maximum atomic E-state index is 13.1. The number of amides is 2. The molecule has 156 valence electrons. The number of carbonyl (C=O) groups excluding carboxylic acids is 2. The molecule has 3 rings (SSSR count). The molecule has 1 fully saturated rings. The lowest BCUT2D eigenvalue weighted by Crippen LogP contribution is -2.50. The van der Waals surface area contributed by atoms with Gasteiger partial charge in [-0.15, -0.1) is 5.10 Å². The van der Waals surface area contributed by atoms with Crippen molar-refractivity contribution in [2.24, 2.45) is 5.92 Å². The second kappa shape index (κ2) is 9.21. The zero-order valence-electron chi connectivity index (χ0n) is 16.8. The molecule has 1 aliphatic heterocycles. The van der Waals surface area contributed by atoms with Crippen molar-refractivity contribution in [2.45, 2.75) is 26.7 Å². The number of tetrazole rings is 1. The Hall–Kier alpha value is -2.68. The zero-order chi connectivity index (χ0) is 21.0. The van der Waals surface area contributed by atoms with E-state index in [1.165, 1.54) is 18.1 Å². The van der Waals surface area contributed by atoms with Gasteiger partial charge in [0.05, 0.1) is 23.4 Å². The molecule has 0 bridgehead atoms. The van der Waals surface area contributed by atoms with Gasteiger partial charge in [-0.1, -0.05) is 25.4 Å². The molecule has 2 aromatic rings. The number of rotatable bonds is 6.